The highest BCUT2D eigenvalue weighted by atomic mass is 15.1. The Bertz CT molecular complexity index is 527. The SMILES string of the molecule is c1cncc(-c2cncn2CCNC2CCCCCC2)c1. The van der Waals surface area contributed by atoms with Gasteiger partial charge in [-0.2, -0.15) is 0 Å². The minimum absolute atomic E-state index is 0.706. The van der Waals surface area contributed by atoms with Gasteiger partial charge in [-0.05, 0) is 25.0 Å². The number of hydrogen-bond acceptors (Lipinski definition) is 3. The molecule has 0 bridgehead atoms. The maximum Gasteiger partial charge on any atom is 0.0951 e. The second-order valence-electron chi connectivity index (χ2n) is 5.86. The van der Waals surface area contributed by atoms with E-state index in [0.29, 0.717) is 6.04 Å². The Hall–Kier alpha value is -1.68. The van der Waals surface area contributed by atoms with Crippen molar-refractivity contribution in [1.29, 1.82) is 0 Å². The van der Waals surface area contributed by atoms with Crippen molar-refractivity contribution in [3.05, 3.63) is 37.1 Å². The Balaban J connectivity index is 1.55. The van der Waals surface area contributed by atoms with Gasteiger partial charge in [0, 0.05) is 37.1 Å². The molecule has 0 aromatic carbocycles. The van der Waals surface area contributed by atoms with Crippen molar-refractivity contribution in [3.8, 4) is 11.3 Å². The molecule has 0 aliphatic heterocycles. The van der Waals surface area contributed by atoms with Gasteiger partial charge >= 0.3 is 0 Å². The first-order valence-electron chi connectivity index (χ1n) is 8.07. The van der Waals surface area contributed by atoms with Crippen LogP contribution >= 0.6 is 0 Å². The fourth-order valence-electron chi connectivity index (χ4n) is 3.13. The Morgan fingerprint density at radius 2 is 1.95 bits per heavy atom. The van der Waals surface area contributed by atoms with E-state index >= 15 is 0 Å². The summed E-state index contributed by atoms with van der Waals surface area (Å²) in [4.78, 5) is 8.48. The molecule has 2 heterocycles. The highest BCUT2D eigenvalue weighted by Gasteiger charge is 2.11. The zero-order valence-electron chi connectivity index (χ0n) is 12.5. The van der Waals surface area contributed by atoms with Gasteiger partial charge < -0.3 is 9.88 Å². The number of hydrogen-bond donors (Lipinski definition) is 1. The summed E-state index contributed by atoms with van der Waals surface area (Å²) in [5, 5.41) is 3.71. The van der Waals surface area contributed by atoms with Crippen LogP contribution < -0.4 is 5.32 Å². The number of nitrogens with zero attached hydrogens (tertiary/aromatic N) is 3. The first kappa shape index (κ1) is 14.3. The lowest BCUT2D eigenvalue weighted by Gasteiger charge is -2.17. The number of aromatic nitrogens is 3. The van der Waals surface area contributed by atoms with Gasteiger partial charge in [0.05, 0.1) is 18.2 Å². The molecule has 0 spiro atoms. The molecular formula is C17H24N4. The fourth-order valence-corrected chi connectivity index (χ4v) is 3.13. The molecule has 1 aliphatic rings. The van der Waals surface area contributed by atoms with Crippen molar-refractivity contribution in [2.45, 2.75) is 51.1 Å². The number of rotatable bonds is 5. The van der Waals surface area contributed by atoms with Crippen LogP contribution in [0.2, 0.25) is 0 Å². The van der Waals surface area contributed by atoms with Gasteiger partial charge in [-0.3, -0.25) is 4.98 Å². The Kier molecular flexibility index (Phi) is 5.00. The van der Waals surface area contributed by atoms with Crippen LogP contribution in [0.5, 0.6) is 0 Å². The summed E-state index contributed by atoms with van der Waals surface area (Å²) in [6.45, 7) is 1.97. The number of imidazole rings is 1. The van der Waals surface area contributed by atoms with Gasteiger partial charge in [0.15, 0.2) is 0 Å². The van der Waals surface area contributed by atoms with E-state index < -0.39 is 0 Å². The lowest BCUT2D eigenvalue weighted by molar-refractivity contribution is 0.446. The molecule has 1 saturated carbocycles. The summed E-state index contributed by atoms with van der Waals surface area (Å²) < 4.78 is 2.21. The molecule has 4 heteroatoms. The molecule has 1 aliphatic carbocycles. The van der Waals surface area contributed by atoms with Crippen molar-refractivity contribution in [1.82, 2.24) is 19.9 Å². The normalized spacial score (nSPS) is 16.8. The van der Waals surface area contributed by atoms with Gasteiger partial charge in [-0.15, -0.1) is 0 Å². The molecule has 0 unspecified atom stereocenters. The second-order valence-corrected chi connectivity index (χ2v) is 5.86. The lowest BCUT2D eigenvalue weighted by Crippen LogP contribution is -2.31. The average Bonchev–Trinajstić information content (AvgIpc) is 2.84. The van der Waals surface area contributed by atoms with E-state index in [9.17, 15) is 0 Å². The van der Waals surface area contributed by atoms with Gasteiger partial charge in [0.2, 0.25) is 0 Å². The highest BCUT2D eigenvalue weighted by molar-refractivity contribution is 5.57. The molecule has 0 radical (unpaired) electrons. The molecule has 4 nitrogen and oxygen atoms in total. The summed E-state index contributed by atoms with van der Waals surface area (Å²) >= 11 is 0. The third-order valence-electron chi connectivity index (χ3n) is 4.31. The minimum Gasteiger partial charge on any atom is -0.329 e. The number of pyridine rings is 1. The summed E-state index contributed by atoms with van der Waals surface area (Å²) in [5.74, 6) is 0. The Labute approximate surface area is 126 Å². The monoisotopic (exact) mass is 284 g/mol. The lowest BCUT2D eigenvalue weighted by atomic mass is 10.1. The smallest absolute Gasteiger partial charge is 0.0951 e. The molecule has 2 aromatic rings. The molecule has 21 heavy (non-hydrogen) atoms. The molecular weight excluding hydrogens is 260 g/mol. The quantitative estimate of drug-likeness (QED) is 0.857. The van der Waals surface area contributed by atoms with E-state index in [2.05, 4.69) is 25.9 Å². The zero-order valence-corrected chi connectivity index (χ0v) is 12.5. The molecule has 0 saturated heterocycles. The molecule has 1 fully saturated rings. The zero-order chi connectivity index (χ0) is 14.3. The minimum atomic E-state index is 0.706. The molecule has 0 amide bonds. The Morgan fingerprint density at radius 1 is 1.10 bits per heavy atom. The molecule has 3 rings (SSSR count). The van der Waals surface area contributed by atoms with Crippen molar-refractivity contribution < 1.29 is 0 Å². The van der Waals surface area contributed by atoms with Crippen molar-refractivity contribution in [3.63, 3.8) is 0 Å². The van der Waals surface area contributed by atoms with Crippen molar-refractivity contribution in [2.24, 2.45) is 0 Å². The topological polar surface area (TPSA) is 42.7 Å². The van der Waals surface area contributed by atoms with Crippen LogP contribution in [0.3, 0.4) is 0 Å². The second kappa shape index (κ2) is 7.36. The summed E-state index contributed by atoms with van der Waals surface area (Å²) in [5.41, 5.74) is 2.27. The largest absolute Gasteiger partial charge is 0.329 e. The van der Waals surface area contributed by atoms with Gasteiger partial charge in [0.25, 0.3) is 0 Å². The third-order valence-corrected chi connectivity index (χ3v) is 4.31. The standard InChI is InChI=1S/C17H24N4/c1-2-4-8-16(7-3-1)20-10-11-21-14-19-13-17(21)15-6-5-9-18-12-15/h5-6,9,12-14,16,20H,1-4,7-8,10-11H2. The van der Waals surface area contributed by atoms with Crippen LogP contribution in [0.1, 0.15) is 38.5 Å². The summed E-state index contributed by atoms with van der Waals surface area (Å²) in [7, 11) is 0. The van der Waals surface area contributed by atoms with E-state index in [4.69, 9.17) is 0 Å². The maximum absolute atomic E-state index is 4.29. The van der Waals surface area contributed by atoms with Crippen LogP contribution in [-0.4, -0.2) is 27.1 Å². The summed E-state index contributed by atoms with van der Waals surface area (Å²) in [6, 6.07) is 4.76. The third kappa shape index (κ3) is 3.91. The first-order valence-corrected chi connectivity index (χ1v) is 8.07. The van der Waals surface area contributed by atoms with Crippen LogP contribution in [0.15, 0.2) is 37.1 Å². The van der Waals surface area contributed by atoms with Crippen LogP contribution in [-0.2, 0) is 6.54 Å². The van der Waals surface area contributed by atoms with Crippen LogP contribution in [0.4, 0.5) is 0 Å². The van der Waals surface area contributed by atoms with E-state index in [1.807, 2.05) is 24.8 Å². The van der Waals surface area contributed by atoms with E-state index in [-0.39, 0.29) is 0 Å². The predicted molar refractivity (Wildman–Crippen MR) is 85.0 cm³/mol. The fraction of sp³-hybridized carbons (Fsp3) is 0.529. The Morgan fingerprint density at radius 3 is 2.71 bits per heavy atom. The van der Waals surface area contributed by atoms with Crippen molar-refractivity contribution >= 4 is 0 Å². The van der Waals surface area contributed by atoms with Crippen LogP contribution in [0, 0.1) is 0 Å². The first-order chi connectivity index (χ1) is 10.4. The van der Waals surface area contributed by atoms with Gasteiger partial charge in [-0.25, -0.2) is 4.98 Å². The molecule has 112 valence electrons. The average molecular weight is 284 g/mol. The molecule has 1 N–H and O–H groups in total. The van der Waals surface area contributed by atoms with Gasteiger partial charge in [-0.1, -0.05) is 25.7 Å². The van der Waals surface area contributed by atoms with E-state index in [1.165, 1.54) is 38.5 Å². The van der Waals surface area contributed by atoms with E-state index in [0.717, 1.165) is 24.3 Å². The van der Waals surface area contributed by atoms with Gasteiger partial charge in [0.1, 0.15) is 0 Å². The summed E-state index contributed by atoms with van der Waals surface area (Å²) in [6.07, 6.45) is 15.8. The number of nitrogens with one attached hydrogen (secondary N) is 1. The van der Waals surface area contributed by atoms with Crippen LogP contribution in [0.25, 0.3) is 11.3 Å². The molecule has 0 atom stereocenters. The van der Waals surface area contributed by atoms with Crippen molar-refractivity contribution in [2.75, 3.05) is 6.54 Å². The molecule has 2 aromatic heterocycles. The maximum atomic E-state index is 4.29. The highest BCUT2D eigenvalue weighted by Crippen LogP contribution is 2.18. The van der Waals surface area contributed by atoms with E-state index in [1.54, 1.807) is 6.20 Å². The predicted octanol–water partition coefficient (Wildman–Crippen LogP) is 3.26.